The number of rotatable bonds is 4. The minimum Gasteiger partial charge on any atom is -0.504 e. The molecule has 116 valence electrons. The second-order valence-corrected chi connectivity index (χ2v) is 5.51. The molecule has 0 aliphatic heterocycles. The molecule has 3 aromatic rings. The Morgan fingerprint density at radius 1 is 1.17 bits per heavy atom. The molecular weight excluding hydrogens is 318 g/mol. The predicted octanol–water partition coefficient (Wildman–Crippen LogP) is 3.87. The number of benzene rings is 2. The maximum Gasteiger partial charge on any atom is 0.315 e. The van der Waals surface area contributed by atoms with Gasteiger partial charge in [-0.05, 0) is 18.2 Å². The van der Waals surface area contributed by atoms with Crippen molar-refractivity contribution < 1.29 is 15.1 Å². The number of nitrogens with zero attached hydrogens (tertiary/aromatic N) is 2. The van der Waals surface area contributed by atoms with Gasteiger partial charge in [-0.1, -0.05) is 18.2 Å². The molecule has 0 aliphatic carbocycles. The van der Waals surface area contributed by atoms with E-state index >= 15 is 0 Å². The number of phenols is 2. The van der Waals surface area contributed by atoms with Gasteiger partial charge in [-0.2, -0.15) is 0 Å². The van der Waals surface area contributed by atoms with E-state index in [1.807, 2.05) is 30.3 Å². The van der Waals surface area contributed by atoms with Gasteiger partial charge in [0.1, 0.15) is 0 Å². The minimum atomic E-state index is -0.756. The van der Waals surface area contributed by atoms with Crippen LogP contribution in [0.3, 0.4) is 0 Å². The molecule has 0 unspecified atom stereocenters. The first-order valence-electron chi connectivity index (χ1n) is 6.53. The molecule has 0 bridgehead atoms. The van der Waals surface area contributed by atoms with Crippen molar-refractivity contribution in [2.75, 3.05) is 5.32 Å². The van der Waals surface area contributed by atoms with Crippen LogP contribution in [0.25, 0.3) is 11.3 Å². The van der Waals surface area contributed by atoms with E-state index in [-0.39, 0.29) is 0 Å². The fourth-order valence-electron chi connectivity index (χ4n) is 2.00. The van der Waals surface area contributed by atoms with E-state index in [2.05, 4.69) is 10.3 Å². The van der Waals surface area contributed by atoms with Gasteiger partial charge in [-0.3, -0.25) is 10.1 Å². The summed E-state index contributed by atoms with van der Waals surface area (Å²) in [6.07, 6.45) is 0. The predicted molar refractivity (Wildman–Crippen MR) is 87.3 cm³/mol. The molecule has 0 radical (unpaired) electrons. The molecule has 0 atom stereocenters. The van der Waals surface area contributed by atoms with Gasteiger partial charge in [-0.15, -0.1) is 11.3 Å². The second kappa shape index (κ2) is 5.93. The lowest BCUT2D eigenvalue weighted by Crippen LogP contribution is -1.91. The van der Waals surface area contributed by atoms with E-state index in [0.29, 0.717) is 16.4 Å². The van der Waals surface area contributed by atoms with Crippen LogP contribution in [-0.2, 0) is 0 Å². The molecular formula is C15H11N3O4S. The van der Waals surface area contributed by atoms with Gasteiger partial charge in [0.2, 0.25) is 5.75 Å². The fraction of sp³-hybridized carbons (Fsp3) is 0. The molecule has 3 rings (SSSR count). The van der Waals surface area contributed by atoms with Gasteiger partial charge < -0.3 is 15.5 Å². The topological polar surface area (TPSA) is 109 Å². The number of hydrogen-bond acceptors (Lipinski definition) is 7. The zero-order valence-electron chi connectivity index (χ0n) is 11.6. The Balaban J connectivity index is 1.93. The fourth-order valence-corrected chi connectivity index (χ4v) is 2.74. The van der Waals surface area contributed by atoms with Crippen molar-refractivity contribution in [2.24, 2.45) is 0 Å². The molecule has 0 saturated carbocycles. The summed E-state index contributed by atoms with van der Waals surface area (Å²) in [6.45, 7) is 0. The molecule has 0 aliphatic rings. The summed E-state index contributed by atoms with van der Waals surface area (Å²) >= 11 is 1.33. The van der Waals surface area contributed by atoms with E-state index in [1.165, 1.54) is 23.5 Å². The summed E-state index contributed by atoms with van der Waals surface area (Å²) in [5.74, 6) is -1.31. The average Bonchev–Trinajstić information content (AvgIpc) is 2.99. The number of phenolic OH excluding ortho intramolecular Hbond substituents is 2. The number of nitro groups is 1. The standard InChI is InChI=1S/C15H11N3O4S/c19-13-7-9(6-12(14(13)20)18(21)22)11-8-23-15(17-11)16-10-4-2-1-3-5-10/h1-8,19-20H,(H,16,17). The number of para-hydroxylation sites is 1. The lowest BCUT2D eigenvalue weighted by Gasteiger charge is -2.03. The van der Waals surface area contributed by atoms with Crippen LogP contribution in [0.4, 0.5) is 16.5 Å². The van der Waals surface area contributed by atoms with Crippen LogP contribution < -0.4 is 5.32 Å². The maximum atomic E-state index is 10.9. The van der Waals surface area contributed by atoms with Gasteiger partial charge >= 0.3 is 5.69 Å². The van der Waals surface area contributed by atoms with Gasteiger partial charge in [0.05, 0.1) is 10.6 Å². The summed E-state index contributed by atoms with van der Waals surface area (Å²) in [6, 6.07) is 11.9. The van der Waals surface area contributed by atoms with Crippen molar-refractivity contribution in [3.05, 3.63) is 58.0 Å². The zero-order chi connectivity index (χ0) is 16.4. The molecule has 23 heavy (non-hydrogen) atoms. The third-order valence-electron chi connectivity index (χ3n) is 3.09. The van der Waals surface area contributed by atoms with E-state index in [4.69, 9.17) is 0 Å². The van der Waals surface area contributed by atoms with Crippen LogP contribution in [0, 0.1) is 10.1 Å². The quantitative estimate of drug-likeness (QED) is 0.381. The van der Waals surface area contributed by atoms with Crippen molar-refractivity contribution in [3.63, 3.8) is 0 Å². The molecule has 1 aromatic heterocycles. The van der Waals surface area contributed by atoms with Crippen LogP contribution in [0.2, 0.25) is 0 Å². The smallest absolute Gasteiger partial charge is 0.315 e. The first-order chi connectivity index (χ1) is 11.0. The van der Waals surface area contributed by atoms with Crippen molar-refractivity contribution in [3.8, 4) is 22.8 Å². The third kappa shape index (κ3) is 3.06. The lowest BCUT2D eigenvalue weighted by atomic mass is 10.1. The second-order valence-electron chi connectivity index (χ2n) is 4.65. The van der Waals surface area contributed by atoms with Gasteiger partial charge in [-0.25, -0.2) is 4.98 Å². The van der Waals surface area contributed by atoms with Crippen molar-refractivity contribution in [1.29, 1.82) is 0 Å². The summed E-state index contributed by atoms with van der Waals surface area (Å²) < 4.78 is 0. The Kier molecular flexibility index (Phi) is 3.82. The summed E-state index contributed by atoms with van der Waals surface area (Å²) in [4.78, 5) is 14.5. The Morgan fingerprint density at radius 2 is 1.91 bits per heavy atom. The first kappa shape index (κ1) is 14.8. The largest absolute Gasteiger partial charge is 0.504 e. The minimum absolute atomic E-state index is 0.351. The van der Waals surface area contributed by atoms with Crippen LogP contribution in [0.1, 0.15) is 0 Å². The molecule has 0 saturated heterocycles. The number of nitrogens with one attached hydrogen (secondary N) is 1. The monoisotopic (exact) mass is 329 g/mol. The van der Waals surface area contributed by atoms with Crippen LogP contribution in [0.15, 0.2) is 47.8 Å². The Labute approximate surface area is 134 Å². The van der Waals surface area contributed by atoms with Gasteiger partial charge in [0.25, 0.3) is 0 Å². The summed E-state index contributed by atoms with van der Waals surface area (Å²) in [7, 11) is 0. The number of aromatic hydroxyl groups is 2. The van der Waals surface area contributed by atoms with E-state index < -0.39 is 22.1 Å². The lowest BCUT2D eigenvalue weighted by molar-refractivity contribution is -0.385. The van der Waals surface area contributed by atoms with E-state index in [1.54, 1.807) is 5.38 Å². The van der Waals surface area contributed by atoms with E-state index in [9.17, 15) is 20.3 Å². The SMILES string of the molecule is O=[N+]([O-])c1cc(-c2csc(Nc3ccccc3)n2)cc(O)c1O. The Bertz CT molecular complexity index is 864. The zero-order valence-corrected chi connectivity index (χ0v) is 12.4. The molecule has 0 spiro atoms. The van der Waals surface area contributed by atoms with Gasteiger partial charge in [0, 0.05) is 22.7 Å². The highest BCUT2D eigenvalue weighted by Crippen LogP contribution is 2.40. The molecule has 1 heterocycles. The number of nitro benzene ring substituents is 1. The summed E-state index contributed by atoms with van der Waals surface area (Å²) in [5.41, 5.74) is 1.12. The average molecular weight is 329 g/mol. The number of aromatic nitrogens is 1. The third-order valence-corrected chi connectivity index (χ3v) is 3.85. The molecule has 7 nitrogen and oxygen atoms in total. The molecule has 0 fully saturated rings. The van der Waals surface area contributed by atoms with Crippen molar-refractivity contribution >= 4 is 27.8 Å². The van der Waals surface area contributed by atoms with Crippen LogP contribution in [-0.4, -0.2) is 20.1 Å². The summed E-state index contributed by atoms with van der Waals surface area (Å²) in [5, 5.41) is 35.5. The molecule has 8 heteroatoms. The van der Waals surface area contributed by atoms with Gasteiger partial charge in [0.15, 0.2) is 10.9 Å². The van der Waals surface area contributed by atoms with E-state index in [0.717, 1.165) is 5.69 Å². The number of thiazole rings is 1. The first-order valence-corrected chi connectivity index (χ1v) is 7.41. The normalized spacial score (nSPS) is 10.4. The molecule has 0 amide bonds. The molecule has 3 N–H and O–H groups in total. The molecule has 2 aromatic carbocycles. The highest BCUT2D eigenvalue weighted by molar-refractivity contribution is 7.14. The highest BCUT2D eigenvalue weighted by Gasteiger charge is 2.20. The van der Waals surface area contributed by atoms with Crippen molar-refractivity contribution in [1.82, 2.24) is 4.98 Å². The highest BCUT2D eigenvalue weighted by atomic mass is 32.1. The Hall–Kier alpha value is -3.13. The maximum absolute atomic E-state index is 10.9. The number of anilines is 2. The number of hydrogen-bond donors (Lipinski definition) is 3. The van der Waals surface area contributed by atoms with Crippen molar-refractivity contribution in [2.45, 2.75) is 0 Å². The Morgan fingerprint density at radius 3 is 2.61 bits per heavy atom. The van der Waals surface area contributed by atoms with Crippen LogP contribution >= 0.6 is 11.3 Å². The van der Waals surface area contributed by atoms with Crippen LogP contribution in [0.5, 0.6) is 11.5 Å².